The smallest absolute Gasteiger partial charge is 0.346 e. The Morgan fingerprint density at radius 1 is 0.714 bits per heavy atom. The molecule has 0 bridgehead atoms. The minimum atomic E-state index is -1.15. The number of benzene rings is 2. The highest BCUT2D eigenvalue weighted by Crippen LogP contribution is 2.30. The van der Waals surface area contributed by atoms with E-state index in [2.05, 4.69) is 34.2 Å². The lowest BCUT2D eigenvalue weighted by Crippen LogP contribution is -2.42. The zero-order valence-corrected chi connectivity index (χ0v) is 15.2. The molecule has 0 heterocycles. The molecule has 2 aromatic carbocycles. The van der Waals surface area contributed by atoms with E-state index >= 15 is 0 Å². The molecule has 2 aromatic rings. The summed E-state index contributed by atoms with van der Waals surface area (Å²) >= 11 is 0. The fourth-order valence-electron chi connectivity index (χ4n) is 3.79. The Morgan fingerprint density at radius 2 is 1.14 bits per heavy atom. The predicted octanol–water partition coefficient (Wildman–Crippen LogP) is 1.47. The Bertz CT molecular complexity index is 801. The molecular weight excluding hydrogens is 360 g/mol. The summed E-state index contributed by atoms with van der Waals surface area (Å²) in [5.41, 5.74) is 15.3. The Hall–Kier alpha value is -2.78. The molecule has 4 rings (SSSR count). The number of carbonyl (C=O) groups is 2. The fraction of sp³-hybridized carbons (Fsp3) is 0.300. The summed E-state index contributed by atoms with van der Waals surface area (Å²) in [7, 11) is 0. The number of fused-ring (bicyclic) bond motifs is 2. The number of rotatable bonds is 6. The van der Waals surface area contributed by atoms with Gasteiger partial charge in [-0.15, -0.1) is 0 Å². The highest BCUT2D eigenvalue weighted by Gasteiger charge is 2.25. The van der Waals surface area contributed by atoms with Crippen LogP contribution in [0, 0.1) is 0 Å². The van der Waals surface area contributed by atoms with Crippen molar-refractivity contribution < 1.29 is 19.3 Å². The van der Waals surface area contributed by atoms with E-state index in [4.69, 9.17) is 9.68 Å². The molecule has 8 heteroatoms. The van der Waals surface area contributed by atoms with E-state index in [1.165, 1.54) is 11.1 Å². The molecule has 0 amide bonds. The lowest BCUT2D eigenvalue weighted by Gasteiger charge is -2.15. The Morgan fingerprint density at radius 3 is 1.61 bits per heavy atom. The minimum Gasteiger partial charge on any atom is -0.346 e. The van der Waals surface area contributed by atoms with Gasteiger partial charge in [-0.05, 0) is 47.9 Å². The van der Waals surface area contributed by atoms with E-state index in [0.29, 0.717) is 0 Å². The van der Waals surface area contributed by atoms with Crippen LogP contribution in [0.15, 0.2) is 48.5 Å². The molecule has 0 radical (unpaired) electrons. The maximum absolute atomic E-state index is 11.7. The second-order valence-electron chi connectivity index (χ2n) is 6.85. The van der Waals surface area contributed by atoms with E-state index in [1.807, 2.05) is 36.4 Å². The van der Waals surface area contributed by atoms with Crippen molar-refractivity contribution in [2.75, 3.05) is 0 Å². The first-order valence-corrected chi connectivity index (χ1v) is 9.31. The molecule has 0 aliphatic heterocycles. The third-order valence-corrected chi connectivity index (χ3v) is 5.19. The fourth-order valence-corrected chi connectivity index (χ4v) is 3.79. The first-order chi connectivity index (χ1) is 13.7. The maximum Gasteiger partial charge on any atom is 0.439 e. The first kappa shape index (κ1) is 18.6. The van der Waals surface area contributed by atoms with E-state index in [0.717, 1.165) is 36.8 Å². The zero-order valence-electron chi connectivity index (χ0n) is 15.2. The normalized spacial score (nSPS) is 19.7. The molecule has 2 aliphatic rings. The second kappa shape index (κ2) is 8.49. The zero-order chi connectivity index (χ0) is 19.3. The van der Waals surface area contributed by atoms with Crippen LogP contribution in [0.3, 0.4) is 0 Å². The summed E-state index contributed by atoms with van der Waals surface area (Å²) in [6.45, 7) is 0. The molecule has 28 heavy (non-hydrogen) atoms. The van der Waals surface area contributed by atoms with E-state index in [1.54, 1.807) is 0 Å². The maximum atomic E-state index is 11.7. The molecule has 2 atom stereocenters. The van der Waals surface area contributed by atoms with Gasteiger partial charge in [0.25, 0.3) is 0 Å². The molecular formula is C20H22N4O4. The van der Waals surface area contributed by atoms with Crippen molar-refractivity contribution >= 4 is 11.9 Å². The van der Waals surface area contributed by atoms with E-state index in [-0.39, 0.29) is 12.1 Å². The van der Waals surface area contributed by atoms with Crippen molar-refractivity contribution in [2.45, 2.75) is 37.8 Å². The summed E-state index contributed by atoms with van der Waals surface area (Å²) in [5, 5.41) is 0. The van der Waals surface area contributed by atoms with Crippen LogP contribution in [-0.4, -0.2) is 11.9 Å². The number of carbonyl (C=O) groups excluding carboxylic acids is 2. The van der Waals surface area contributed by atoms with Crippen molar-refractivity contribution in [2.24, 2.45) is 0 Å². The Balaban J connectivity index is 1.16. The van der Waals surface area contributed by atoms with Crippen molar-refractivity contribution in [3.8, 4) is 0 Å². The van der Waals surface area contributed by atoms with Crippen molar-refractivity contribution in [1.29, 1.82) is 0 Å². The van der Waals surface area contributed by atoms with Gasteiger partial charge in [0.05, 0.1) is 0 Å². The van der Waals surface area contributed by atoms with E-state index < -0.39 is 11.9 Å². The van der Waals surface area contributed by atoms with Crippen LogP contribution in [0.25, 0.3) is 0 Å². The van der Waals surface area contributed by atoms with Crippen molar-refractivity contribution in [1.82, 2.24) is 22.0 Å². The van der Waals surface area contributed by atoms with Crippen LogP contribution in [0.5, 0.6) is 0 Å². The molecule has 0 saturated carbocycles. The summed E-state index contributed by atoms with van der Waals surface area (Å²) in [6.07, 6.45) is 3.65. The van der Waals surface area contributed by atoms with Crippen LogP contribution in [0.4, 0.5) is 0 Å². The molecule has 8 nitrogen and oxygen atoms in total. The van der Waals surface area contributed by atoms with Gasteiger partial charge >= 0.3 is 11.9 Å². The van der Waals surface area contributed by atoms with Gasteiger partial charge in [-0.25, -0.2) is 20.4 Å². The minimum absolute atomic E-state index is 0.0160. The van der Waals surface area contributed by atoms with Gasteiger partial charge in [-0.3, -0.25) is 0 Å². The van der Waals surface area contributed by atoms with Gasteiger partial charge in [0.2, 0.25) is 0 Å². The molecule has 0 aromatic heterocycles. The third-order valence-electron chi connectivity index (χ3n) is 5.19. The lowest BCUT2D eigenvalue weighted by atomic mass is 10.1. The van der Waals surface area contributed by atoms with Crippen LogP contribution in [-0.2, 0) is 32.1 Å². The molecule has 4 N–H and O–H groups in total. The summed E-state index contributed by atoms with van der Waals surface area (Å²) in [4.78, 5) is 32.9. The Labute approximate surface area is 162 Å². The lowest BCUT2D eigenvalue weighted by molar-refractivity contribution is -0.180. The average Bonchev–Trinajstić information content (AvgIpc) is 3.32. The number of nitrogens with one attached hydrogen (secondary N) is 4. The molecule has 2 unspecified atom stereocenters. The number of hydrazine groups is 2. The van der Waals surface area contributed by atoms with Crippen molar-refractivity contribution in [3.63, 3.8) is 0 Å². The summed E-state index contributed by atoms with van der Waals surface area (Å²) in [5.74, 6) is -2.31. The van der Waals surface area contributed by atoms with Crippen LogP contribution in [0.2, 0.25) is 0 Å². The summed E-state index contributed by atoms with van der Waals surface area (Å²) < 4.78 is 0. The number of hydrogen-bond acceptors (Lipinski definition) is 8. The highest BCUT2D eigenvalue weighted by atomic mass is 16.8. The number of hydrogen-bond donors (Lipinski definition) is 4. The second-order valence-corrected chi connectivity index (χ2v) is 6.85. The Kier molecular flexibility index (Phi) is 5.63. The standard InChI is InChI=1S/C20H22N4O4/c25-19(27-23-21-17-11-9-13-5-1-3-7-15(13)17)20(26)28-24-22-18-12-10-14-6-2-4-8-16(14)18/h1-8,17-18,21-24H,9-12H2. The molecule has 0 saturated heterocycles. The molecule has 2 aliphatic carbocycles. The average molecular weight is 382 g/mol. The summed E-state index contributed by atoms with van der Waals surface area (Å²) in [6, 6.07) is 16.1. The van der Waals surface area contributed by atoms with Gasteiger partial charge in [0.15, 0.2) is 0 Å². The van der Waals surface area contributed by atoms with Crippen molar-refractivity contribution in [3.05, 3.63) is 70.8 Å². The third kappa shape index (κ3) is 4.05. The SMILES string of the molecule is O=C(ONNC1CCc2ccccc21)C(=O)ONNC1CCc2ccccc21. The molecule has 0 spiro atoms. The van der Waals surface area contributed by atoms with Gasteiger partial charge in [0, 0.05) is 12.1 Å². The van der Waals surface area contributed by atoms with Crippen LogP contribution in [0.1, 0.15) is 47.2 Å². The van der Waals surface area contributed by atoms with Gasteiger partial charge in [-0.1, -0.05) is 59.7 Å². The van der Waals surface area contributed by atoms with Gasteiger partial charge in [-0.2, -0.15) is 0 Å². The highest BCUT2D eigenvalue weighted by molar-refractivity contribution is 6.29. The number of aryl methyl sites for hydroxylation is 2. The quantitative estimate of drug-likeness (QED) is 0.440. The van der Waals surface area contributed by atoms with Crippen LogP contribution >= 0.6 is 0 Å². The van der Waals surface area contributed by atoms with E-state index in [9.17, 15) is 9.59 Å². The topological polar surface area (TPSA) is 101 Å². The molecule has 146 valence electrons. The first-order valence-electron chi connectivity index (χ1n) is 9.31. The predicted molar refractivity (Wildman–Crippen MR) is 99.7 cm³/mol. The molecule has 0 fully saturated rings. The van der Waals surface area contributed by atoms with Gasteiger partial charge < -0.3 is 9.68 Å². The largest absolute Gasteiger partial charge is 0.439 e. The van der Waals surface area contributed by atoms with Gasteiger partial charge in [0.1, 0.15) is 0 Å². The monoisotopic (exact) mass is 382 g/mol. The van der Waals surface area contributed by atoms with Crippen LogP contribution < -0.4 is 22.0 Å².